The van der Waals surface area contributed by atoms with Crippen molar-refractivity contribution in [1.82, 2.24) is 5.32 Å². The van der Waals surface area contributed by atoms with E-state index in [1.165, 1.54) is 11.1 Å². The Morgan fingerprint density at radius 1 is 1.19 bits per heavy atom. The first-order chi connectivity index (χ1) is 10.1. The van der Waals surface area contributed by atoms with Gasteiger partial charge in [0.15, 0.2) is 0 Å². The maximum atomic E-state index is 12.4. The first-order valence-electron chi connectivity index (χ1n) is 7.35. The van der Waals surface area contributed by atoms with Crippen LogP contribution < -0.4 is 11.1 Å². The number of amides is 1. The summed E-state index contributed by atoms with van der Waals surface area (Å²) in [5.74, 6) is -0.111. The molecule has 2 unspecified atom stereocenters. The molecule has 21 heavy (non-hydrogen) atoms. The summed E-state index contributed by atoms with van der Waals surface area (Å²) in [5.41, 5.74) is 10.6. The van der Waals surface area contributed by atoms with Crippen LogP contribution in [0.15, 0.2) is 48.5 Å². The van der Waals surface area contributed by atoms with Crippen molar-refractivity contribution in [2.45, 2.75) is 31.8 Å². The van der Waals surface area contributed by atoms with Crippen LogP contribution in [0.4, 0.5) is 0 Å². The van der Waals surface area contributed by atoms with Crippen molar-refractivity contribution in [3.05, 3.63) is 70.8 Å². The van der Waals surface area contributed by atoms with Gasteiger partial charge in [-0.05, 0) is 36.5 Å². The Hall–Kier alpha value is -2.13. The van der Waals surface area contributed by atoms with Gasteiger partial charge in [-0.15, -0.1) is 0 Å². The van der Waals surface area contributed by atoms with Crippen LogP contribution in [0, 0.1) is 6.92 Å². The van der Waals surface area contributed by atoms with Crippen LogP contribution in [0.5, 0.6) is 0 Å². The van der Waals surface area contributed by atoms with E-state index >= 15 is 0 Å². The van der Waals surface area contributed by atoms with Crippen LogP contribution in [-0.2, 0) is 11.2 Å². The Labute approximate surface area is 125 Å². The van der Waals surface area contributed by atoms with E-state index in [0.717, 1.165) is 24.0 Å². The van der Waals surface area contributed by atoms with E-state index in [1.54, 1.807) is 0 Å². The number of hydrogen-bond acceptors (Lipinski definition) is 2. The van der Waals surface area contributed by atoms with E-state index < -0.39 is 6.04 Å². The lowest BCUT2D eigenvalue weighted by Crippen LogP contribution is -2.36. The second kappa shape index (κ2) is 5.70. The number of hydrogen-bond donors (Lipinski definition) is 2. The SMILES string of the molecule is Cc1ccc(C(N)C(=O)NC2CCc3ccccc32)cc1. The van der Waals surface area contributed by atoms with Gasteiger partial charge in [-0.1, -0.05) is 54.1 Å². The lowest BCUT2D eigenvalue weighted by atomic mass is 10.0. The molecule has 0 fully saturated rings. The zero-order valence-corrected chi connectivity index (χ0v) is 12.2. The summed E-state index contributed by atoms with van der Waals surface area (Å²) in [6.45, 7) is 2.02. The highest BCUT2D eigenvalue weighted by molar-refractivity contribution is 5.83. The lowest BCUT2D eigenvalue weighted by molar-refractivity contribution is -0.123. The summed E-state index contributed by atoms with van der Waals surface area (Å²) >= 11 is 0. The molecular weight excluding hydrogens is 260 g/mol. The summed E-state index contributed by atoms with van der Waals surface area (Å²) < 4.78 is 0. The highest BCUT2D eigenvalue weighted by Gasteiger charge is 2.25. The number of nitrogens with two attached hydrogens (primary N) is 1. The Morgan fingerprint density at radius 3 is 2.67 bits per heavy atom. The molecule has 0 bridgehead atoms. The number of benzene rings is 2. The van der Waals surface area contributed by atoms with E-state index in [1.807, 2.05) is 43.3 Å². The molecule has 2 aromatic carbocycles. The summed E-state index contributed by atoms with van der Waals surface area (Å²) in [6.07, 6.45) is 1.96. The van der Waals surface area contributed by atoms with Crippen LogP contribution in [0.2, 0.25) is 0 Å². The highest BCUT2D eigenvalue weighted by atomic mass is 16.2. The van der Waals surface area contributed by atoms with Crippen LogP contribution in [0.1, 0.15) is 40.8 Å². The van der Waals surface area contributed by atoms with Crippen molar-refractivity contribution in [3.63, 3.8) is 0 Å². The van der Waals surface area contributed by atoms with Gasteiger partial charge in [0.1, 0.15) is 6.04 Å². The van der Waals surface area contributed by atoms with E-state index in [2.05, 4.69) is 17.4 Å². The van der Waals surface area contributed by atoms with Crippen molar-refractivity contribution >= 4 is 5.91 Å². The lowest BCUT2D eigenvalue weighted by Gasteiger charge is -2.18. The quantitative estimate of drug-likeness (QED) is 0.908. The molecule has 0 aliphatic heterocycles. The van der Waals surface area contributed by atoms with Gasteiger partial charge in [0.2, 0.25) is 5.91 Å². The summed E-state index contributed by atoms with van der Waals surface area (Å²) in [5, 5.41) is 3.08. The van der Waals surface area contributed by atoms with E-state index in [9.17, 15) is 4.79 Å². The predicted octanol–water partition coefficient (Wildman–Crippen LogP) is 2.80. The second-order valence-electron chi connectivity index (χ2n) is 5.69. The average Bonchev–Trinajstić information content (AvgIpc) is 2.91. The molecule has 3 N–H and O–H groups in total. The molecule has 1 amide bonds. The zero-order chi connectivity index (χ0) is 14.8. The van der Waals surface area contributed by atoms with E-state index in [-0.39, 0.29) is 11.9 Å². The molecule has 2 aromatic rings. The smallest absolute Gasteiger partial charge is 0.241 e. The molecule has 0 saturated carbocycles. The van der Waals surface area contributed by atoms with Crippen LogP contribution in [-0.4, -0.2) is 5.91 Å². The monoisotopic (exact) mass is 280 g/mol. The number of carbonyl (C=O) groups is 1. The fraction of sp³-hybridized carbons (Fsp3) is 0.278. The van der Waals surface area contributed by atoms with Gasteiger partial charge >= 0.3 is 0 Å². The molecule has 108 valence electrons. The van der Waals surface area contributed by atoms with E-state index in [0.29, 0.717) is 0 Å². The van der Waals surface area contributed by atoms with Gasteiger partial charge in [-0.3, -0.25) is 4.79 Å². The molecule has 0 heterocycles. The molecule has 3 heteroatoms. The minimum atomic E-state index is -0.613. The molecule has 3 nitrogen and oxygen atoms in total. The first kappa shape index (κ1) is 13.8. The van der Waals surface area contributed by atoms with Gasteiger partial charge in [-0.2, -0.15) is 0 Å². The molecule has 0 aromatic heterocycles. The molecule has 2 atom stereocenters. The molecule has 1 aliphatic rings. The van der Waals surface area contributed by atoms with Crippen molar-refractivity contribution in [2.24, 2.45) is 5.73 Å². The van der Waals surface area contributed by atoms with E-state index in [4.69, 9.17) is 5.73 Å². The molecular formula is C18H20N2O. The summed E-state index contributed by atoms with van der Waals surface area (Å²) in [6, 6.07) is 15.5. The van der Waals surface area contributed by atoms with Crippen molar-refractivity contribution in [1.29, 1.82) is 0 Å². The Kier molecular flexibility index (Phi) is 3.76. The second-order valence-corrected chi connectivity index (χ2v) is 5.69. The van der Waals surface area contributed by atoms with Gasteiger partial charge in [0, 0.05) is 0 Å². The zero-order valence-electron chi connectivity index (χ0n) is 12.2. The fourth-order valence-corrected chi connectivity index (χ4v) is 2.89. The third-order valence-electron chi connectivity index (χ3n) is 4.17. The first-order valence-corrected chi connectivity index (χ1v) is 7.35. The Balaban J connectivity index is 1.71. The normalized spacial score (nSPS) is 18.1. The van der Waals surface area contributed by atoms with Gasteiger partial charge in [0.25, 0.3) is 0 Å². The number of carbonyl (C=O) groups excluding carboxylic acids is 1. The van der Waals surface area contributed by atoms with Crippen molar-refractivity contribution in [2.75, 3.05) is 0 Å². The summed E-state index contributed by atoms with van der Waals surface area (Å²) in [7, 11) is 0. The van der Waals surface area contributed by atoms with Gasteiger partial charge in [0.05, 0.1) is 6.04 Å². The van der Waals surface area contributed by atoms with Gasteiger partial charge < -0.3 is 11.1 Å². The van der Waals surface area contributed by atoms with Gasteiger partial charge in [-0.25, -0.2) is 0 Å². The van der Waals surface area contributed by atoms with Crippen molar-refractivity contribution in [3.8, 4) is 0 Å². The maximum Gasteiger partial charge on any atom is 0.241 e. The number of fused-ring (bicyclic) bond motifs is 1. The number of rotatable bonds is 3. The fourth-order valence-electron chi connectivity index (χ4n) is 2.89. The largest absolute Gasteiger partial charge is 0.348 e. The number of aryl methyl sites for hydroxylation is 2. The minimum absolute atomic E-state index is 0.0881. The molecule has 0 radical (unpaired) electrons. The highest BCUT2D eigenvalue weighted by Crippen LogP contribution is 2.31. The topological polar surface area (TPSA) is 55.1 Å². The maximum absolute atomic E-state index is 12.4. The molecule has 0 spiro atoms. The molecule has 1 aliphatic carbocycles. The van der Waals surface area contributed by atoms with Crippen LogP contribution in [0.25, 0.3) is 0 Å². The predicted molar refractivity (Wildman–Crippen MR) is 83.8 cm³/mol. The number of nitrogens with one attached hydrogen (secondary N) is 1. The van der Waals surface area contributed by atoms with Crippen LogP contribution in [0.3, 0.4) is 0 Å². The molecule has 3 rings (SSSR count). The standard InChI is InChI=1S/C18H20N2O/c1-12-6-8-14(9-7-12)17(19)18(21)20-16-11-10-13-4-2-3-5-15(13)16/h2-9,16-17H,10-11,19H2,1H3,(H,20,21). The third kappa shape index (κ3) is 2.83. The Morgan fingerprint density at radius 2 is 1.90 bits per heavy atom. The third-order valence-corrected chi connectivity index (χ3v) is 4.17. The summed E-state index contributed by atoms with van der Waals surface area (Å²) in [4.78, 5) is 12.4. The van der Waals surface area contributed by atoms with Crippen LogP contribution >= 0.6 is 0 Å². The van der Waals surface area contributed by atoms with Crippen molar-refractivity contribution < 1.29 is 4.79 Å². The minimum Gasteiger partial charge on any atom is -0.348 e. The molecule has 0 saturated heterocycles. The average molecular weight is 280 g/mol. The Bertz CT molecular complexity index is 649.